The van der Waals surface area contributed by atoms with E-state index in [1.54, 1.807) is 0 Å². The van der Waals surface area contributed by atoms with Crippen LogP contribution >= 0.6 is 0 Å². The monoisotopic (exact) mass is 287 g/mol. The molecule has 0 saturated heterocycles. The summed E-state index contributed by atoms with van der Waals surface area (Å²) in [4.78, 5) is 6.23. The molecule has 1 aliphatic carbocycles. The first kappa shape index (κ1) is 14.5. The van der Waals surface area contributed by atoms with Crippen LogP contribution in [0.3, 0.4) is 0 Å². The number of aliphatic hydroxyl groups is 1. The highest BCUT2D eigenvalue weighted by atomic mass is 32.2. The molecule has 2 rings (SSSR count). The van der Waals surface area contributed by atoms with Crippen molar-refractivity contribution in [2.24, 2.45) is 5.41 Å². The Morgan fingerprint density at radius 3 is 2.53 bits per heavy atom. The minimum atomic E-state index is -3.61. The third-order valence-electron chi connectivity index (χ3n) is 3.89. The number of aromatic nitrogens is 2. The molecule has 0 aromatic carbocycles. The number of hydrogen-bond donors (Lipinski definition) is 3. The number of imidazole rings is 1. The zero-order valence-electron chi connectivity index (χ0n) is 11.3. The van der Waals surface area contributed by atoms with E-state index in [0.717, 1.165) is 12.8 Å². The van der Waals surface area contributed by atoms with Gasteiger partial charge in [0.05, 0.1) is 18.1 Å². The molecule has 108 valence electrons. The Balaban J connectivity index is 1.96. The normalized spacial score (nSPS) is 22.3. The molecule has 6 nitrogen and oxygen atoms in total. The second kappa shape index (κ2) is 4.88. The van der Waals surface area contributed by atoms with E-state index in [4.69, 9.17) is 0 Å². The molecule has 1 aromatic heterocycles. The summed E-state index contributed by atoms with van der Waals surface area (Å²) < 4.78 is 26.3. The van der Waals surface area contributed by atoms with Crippen LogP contribution in [0.4, 0.5) is 0 Å². The molecule has 19 heavy (non-hydrogen) atoms. The molecule has 0 atom stereocenters. The predicted molar refractivity (Wildman–Crippen MR) is 71.0 cm³/mol. The van der Waals surface area contributed by atoms with Crippen LogP contribution in [0.5, 0.6) is 0 Å². The van der Waals surface area contributed by atoms with Crippen LogP contribution in [0.1, 0.15) is 39.5 Å². The molecule has 1 saturated carbocycles. The van der Waals surface area contributed by atoms with Gasteiger partial charge in [0.2, 0.25) is 0 Å². The predicted octanol–water partition coefficient (Wildman–Crippen LogP) is 1.02. The van der Waals surface area contributed by atoms with E-state index in [1.807, 2.05) is 0 Å². The zero-order valence-corrected chi connectivity index (χ0v) is 12.1. The molecular formula is C12H21N3O3S. The van der Waals surface area contributed by atoms with Crippen LogP contribution < -0.4 is 4.72 Å². The van der Waals surface area contributed by atoms with Gasteiger partial charge in [0, 0.05) is 6.54 Å². The topological polar surface area (TPSA) is 95.1 Å². The summed E-state index contributed by atoms with van der Waals surface area (Å²) in [6, 6.07) is 0. The smallest absolute Gasteiger partial charge is 0.257 e. The number of nitrogens with one attached hydrogen (secondary N) is 2. The van der Waals surface area contributed by atoms with E-state index in [2.05, 4.69) is 28.5 Å². The van der Waals surface area contributed by atoms with Gasteiger partial charge in [0.25, 0.3) is 10.0 Å². The van der Waals surface area contributed by atoms with Gasteiger partial charge in [-0.1, -0.05) is 13.8 Å². The first-order valence-electron chi connectivity index (χ1n) is 6.43. The average Bonchev–Trinajstić information content (AvgIpc) is 2.86. The van der Waals surface area contributed by atoms with Gasteiger partial charge in [-0.2, -0.15) is 0 Å². The molecule has 7 heteroatoms. The number of sulfonamides is 1. The summed E-state index contributed by atoms with van der Waals surface area (Å²) in [5.41, 5.74) is -0.711. The summed E-state index contributed by atoms with van der Waals surface area (Å²) in [7, 11) is -3.61. The van der Waals surface area contributed by atoms with Crippen LogP contribution in [-0.2, 0) is 10.0 Å². The first-order valence-corrected chi connectivity index (χ1v) is 7.91. The van der Waals surface area contributed by atoms with Crippen molar-refractivity contribution >= 4 is 10.0 Å². The SMILES string of the molecule is CC1(C)CCC(O)(CNS(=O)(=O)c2cnc[nH]2)CC1. The summed E-state index contributed by atoms with van der Waals surface area (Å²) in [6.45, 7) is 4.38. The lowest BCUT2D eigenvalue weighted by Gasteiger charge is -2.40. The molecule has 0 amide bonds. The third-order valence-corrected chi connectivity index (χ3v) is 5.21. The zero-order chi connectivity index (χ0) is 14.1. The fourth-order valence-corrected chi connectivity index (χ4v) is 3.29. The summed E-state index contributed by atoms with van der Waals surface area (Å²) in [6.07, 6.45) is 5.59. The Morgan fingerprint density at radius 1 is 1.37 bits per heavy atom. The summed E-state index contributed by atoms with van der Waals surface area (Å²) >= 11 is 0. The van der Waals surface area contributed by atoms with Crippen molar-refractivity contribution in [2.75, 3.05) is 6.54 Å². The van der Waals surface area contributed by atoms with Gasteiger partial charge in [-0.3, -0.25) is 0 Å². The Kier molecular flexibility index (Phi) is 3.72. The highest BCUT2D eigenvalue weighted by Gasteiger charge is 2.37. The maximum Gasteiger partial charge on any atom is 0.257 e. The summed E-state index contributed by atoms with van der Waals surface area (Å²) in [5, 5.41) is 10.4. The van der Waals surface area contributed by atoms with Crippen molar-refractivity contribution in [2.45, 2.75) is 50.2 Å². The van der Waals surface area contributed by atoms with Crippen molar-refractivity contribution in [1.29, 1.82) is 0 Å². The number of H-pyrrole nitrogens is 1. The maximum atomic E-state index is 11.9. The fourth-order valence-electron chi connectivity index (χ4n) is 2.27. The molecule has 3 N–H and O–H groups in total. The van der Waals surface area contributed by atoms with E-state index in [-0.39, 0.29) is 17.0 Å². The lowest BCUT2D eigenvalue weighted by molar-refractivity contribution is -0.0205. The van der Waals surface area contributed by atoms with Gasteiger partial charge in [0.1, 0.15) is 0 Å². The molecule has 1 aliphatic rings. The molecule has 1 fully saturated rings. The molecule has 0 spiro atoms. The number of rotatable bonds is 4. The van der Waals surface area contributed by atoms with E-state index in [1.165, 1.54) is 12.5 Å². The third kappa shape index (κ3) is 3.55. The molecule has 1 aromatic rings. The quantitative estimate of drug-likeness (QED) is 0.770. The molecular weight excluding hydrogens is 266 g/mol. The highest BCUT2D eigenvalue weighted by Crippen LogP contribution is 2.39. The average molecular weight is 287 g/mol. The Labute approximate surface area is 113 Å². The minimum Gasteiger partial charge on any atom is -0.389 e. The van der Waals surface area contributed by atoms with Crippen molar-refractivity contribution in [3.8, 4) is 0 Å². The van der Waals surface area contributed by atoms with Crippen LogP contribution in [-0.4, -0.2) is 35.6 Å². The van der Waals surface area contributed by atoms with E-state index in [9.17, 15) is 13.5 Å². The van der Waals surface area contributed by atoms with Gasteiger partial charge < -0.3 is 10.1 Å². The Hall–Kier alpha value is -0.920. The molecule has 0 aliphatic heterocycles. The number of hydrogen-bond acceptors (Lipinski definition) is 4. The maximum absolute atomic E-state index is 11.9. The second-order valence-electron chi connectivity index (χ2n) is 6.13. The molecule has 0 bridgehead atoms. The Bertz CT molecular complexity index is 512. The molecule has 0 unspecified atom stereocenters. The van der Waals surface area contributed by atoms with Crippen molar-refractivity contribution < 1.29 is 13.5 Å². The number of nitrogens with zero attached hydrogens (tertiary/aromatic N) is 1. The highest BCUT2D eigenvalue weighted by molar-refractivity contribution is 7.89. The van der Waals surface area contributed by atoms with Crippen molar-refractivity contribution in [1.82, 2.24) is 14.7 Å². The lowest BCUT2D eigenvalue weighted by Crippen LogP contribution is -2.46. The second-order valence-corrected chi connectivity index (χ2v) is 7.86. The standard InChI is InChI=1S/C12H21N3O3S/c1-11(2)3-5-12(16,6-4-11)8-15-19(17,18)10-7-13-9-14-10/h7,9,15-16H,3-6,8H2,1-2H3,(H,13,14). The van der Waals surface area contributed by atoms with E-state index in [0.29, 0.717) is 12.8 Å². The molecule has 0 radical (unpaired) electrons. The first-order chi connectivity index (χ1) is 8.73. The summed E-state index contributed by atoms with van der Waals surface area (Å²) in [5.74, 6) is 0. The van der Waals surface area contributed by atoms with Crippen LogP contribution in [0.15, 0.2) is 17.6 Å². The van der Waals surface area contributed by atoms with Crippen molar-refractivity contribution in [3.05, 3.63) is 12.5 Å². The largest absolute Gasteiger partial charge is 0.389 e. The van der Waals surface area contributed by atoms with Crippen LogP contribution in [0, 0.1) is 5.41 Å². The van der Waals surface area contributed by atoms with Gasteiger partial charge in [-0.15, -0.1) is 0 Å². The van der Waals surface area contributed by atoms with Gasteiger partial charge in [-0.05, 0) is 31.1 Å². The lowest BCUT2D eigenvalue weighted by atomic mass is 9.71. The molecule has 1 heterocycles. The van der Waals surface area contributed by atoms with E-state index < -0.39 is 15.6 Å². The Morgan fingerprint density at radius 2 is 2.00 bits per heavy atom. The van der Waals surface area contributed by atoms with Gasteiger partial charge in [0.15, 0.2) is 5.03 Å². The van der Waals surface area contributed by atoms with Crippen LogP contribution in [0.25, 0.3) is 0 Å². The minimum absolute atomic E-state index is 0.0206. The van der Waals surface area contributed by atoms with Gasteiger partial charge in [-0.25, -0.2) is 18.1 Å². The number of aromatic amines is 1. The van der Waals surface area contributed by atoms with E-state index >= 15 is 0 Å². The van der Waals surface area contributed by atoms with Crippen molar-refractivity contribution in [3.63, 3.8) is 0 Å². The fraction of sp³-hybridized carbons (Fsp3) is 0.750. The van der Waals surface area contributed by atoms with Gasteiger partial charge >= 0.3 is 0 Å². The van der Waals surface area contributed by atoms with Crippen LogP contribution in [0.2, 0.25) is 0 Å².